The van der Waals surface area contributed by atoms with Gasteiger partial charge in [0.1, 0.15) is 0 Å². The number of nitro benzene ring substituents is 1. The third kappa shape index (κ3) is 3.43. The number of carbonyl (C=O) groups excluding carboxylic acids is 1. The summed E-state index contributed by atoms with van der Waals surface area (Å²) in [5.41, 5.74) is 6.04. The Kier molecular flexibility index (Phi) is 4.86. The third-order valence-electron chi connectivity index (χ3n) is 3.17. The van der Waals surface area contributed by atoms with Gasteiger partial charge in [-0.1, -0.05) is 13.3 Å². The van der Waals surface area contributed by atoms with Gasteiger partial charge in [0.2, 0.25) is 0 Å². The average molecular weight is 265 g/mol. The Bertz CT molecular complexity index is 488. The molecule has 1 unspecified atom stereocenters. The van der Waals surface area contributed by atoms with Crippen LogP contribution in [0.1, 0.15) is 37.0 Å². The standard InChI is InChI=1S/C13H19N3O3/c1-4-5-9(2)15(3)13(17)11-8-10(16(18)19)6-7-12(11)14/h6-9H,4-5,14H2,1-3H3. The van der Waals surface area contributed by atoms with Gasteiger partial charge in [0.05, 0.1) is 10.5 Å². The number of anilines is 1. The summed E-state index contributed by atoms with van der Waals surface area (Å²) in [4.78, 5) is 24.0. The Morgan fingerprint density at radius 1 is 1.53 bits per heavy atom. The second-order valence-corrected chi connectivity index (χ2v) is 4.58. The van der Waals surface area contributed by atoms with Crippen LogP contribution < -0.4 is 5.73 Å². The summed E-state index contributed by atoms with van der Waals surface area (Å²) in [5.74, 6) is -0.290. The van der Waals surface area contributed by atoms with Crippen molar-refractivity contribution < 1.29 is 9.72 Å². The van der Waals surface area contributed by atoms with Crippen LogP contribution in [-0.4, -0.2) is 28.8 Å². The van der Waals surface area contributed by atoms with Gasteiger partial charge in [0.25, 0.3) is 11.6 Å². The largest absolute Gasteiger partial charge is 0.398 e. The van der Waals surface area contributed by atoms with Crippen molar-refractivity contribution in [3.05, 3.63) is 33.9 Å². The number of amides is 1. The molecule has 0 bridgehead atoms. The van der Waals surface area contributed by atoms with E-state index in [4.69, 9.17) is 5.73 Å². The SMILES string of the molecule is CCCC(C)N(C)C(=O)c1cc([N+](=O)[O-])ccc1N. The minimum absolute atomic E-state index is 0.0659. The van der Waals surface area contributed by atoms with Crippen molar-refractivity contribution in [3.63, 3.8) is 0 Å². The van der Waals surface area contributed by atoms with Crippen LogP contribution in [0.2, 0.25) is 0 Å². The number of nitrogen functional groups attached to an aromatic ring is 1. The molecule has 1 aromatic rings. The molecule has 6 nitrogen and oxygen atoms in total. The fourth-order valence-corrected chi connectivity index (χ4v) is 1.84. The Labute approximate surface area is 112 Å². The van der Waals surface area contributed by atoms with Gasteiger partial charge in [-0.3, -0.25) is 14.9 Å². The van der Waals surface area contributed by atoms with Crippen LogP contribution >= 0.6 is 0 Å². The molecule has 6 heteroatoms. The van der Waals surface area contributed by atoms with E-state index in [1.54, 1.807) is 11.9 Å². The minimum atomic E-state index is -0.536. The molecule has 0 spiro atoms. The van der Waals surface area contributed by atoms with Crippen molar-refractivity contribution in [1.82, 2.24) is 4.90 Å². The molecule has 104 valence electrons. The van der Waals surface area contributed by atoms with E-state index in [1.165, 1.54) is 18.2 Å². The highest BCUT2D eigenvalue weighted by molar-refractivity contribution is 5.99. The normalized spacial score (nSPS) is 11.9. The zero-order valence-corrected chi connectivity index (χ0v) is 11.4. The molecule has 1 amide bonds. The molecular formula is C13H19N3O3. The number of non-ortho nitro benzene ring substituents is 1. The predicted octanol–water partition coefficient (Wildman–Crippen LogP) is 2.44. The van der Waals surface area contributed by atoms with Crippen molar-refractivity contribution in [2.75, 3.05) is 12.8 Å². The molecule has 0 fully saturated rings. The highest BCUT2D eigenvalue weighted by Crippen LogP contribution is 2.22. The molecule has 0 radical (unpaired) electrons. The molecule has 1 atom stereocenters. The maximum Gasteiger partial charge on any atom is 0.270 e. The van der Waals surface area contributed by atoms with Crippen molar-refractivity contribution >= 4 is 17.3 Å². The second kappa shape index (κ2) is 6.17. The number of hydrogen-bond donors (Lipinski definition) is 1. The molecule has 0 aromatic heterocycles. The van der Waals surface area contributed by atoms with Gasteiger partial charge < -0.3 is 10.6 Å². The molecule has 0 aliphatic carbocycles. The van der Waals surface area contributed by atoms with Gasteiger partial charge in [-0.05, 0) is 19.4 Å². The number of hydrogen-bond acceptors (Lipinski definition) is 4. The molecule has 0 aliphatic rings. The number of benzene rings is 1. The van der Waals surface area contributed by atoms with E-state index >= 15 is 0 Å². The summed E-state index contributed by atoms with van der Waals surface area (Å²) >= 11 is 0. The molecule has 2 N–H and O–H groups in total. The second-order valence-electron chi connectivity index (χ2n) is 4.58. The monoisotopic (exact) mass is 265 g/mol. The zero-order valence-electron chi connectivity index (χ0n) is 11.4. The van der Waals surface area contributed by atoms with E-state index in [0.717, 1.165) is 12.8 Å². The fourth-order valence-electron chi connectivity index (χ4n) is 1.84. The predicted molar refractivity (Wildman–Crippen MR) is 74.0 cm³/mol. The van der Waals surface area contributed by atoms with Crippen LogP contribution in [0, 0.1) is 10.1 Å². The Hall–Kier alpha value is -2.11. The van der Waals surface area contributed by atoms with Crippen LogP contribution in [0.3, 0.4) is 0 Å². The van der Waals surface area contributed by atoms with Gasteiger partial charge in [-0.2, -0.15) is 0 Å². The van der Waals surface area contributed by atoms with Crippen molar-refractivity contribution in [3.8, 4) is 0 Å². The highest BCUT2D eigenvalue weighted by atomic mass is 16.6. The topological polar surface area (TPSA) is 89.5 Å². The Morgan fingerprint density at radius 2 is 2.16 bits per heavy atom. The lowest BCUT2D eigenvalue weighted by Crippen LogP contribution is -2.35. The van der Waals surface area contributed by atoms with Gasteiger partial charge in [-0.15, -0.1) is 0 Å². The van der Waals surface area contributed by atoms with Crippen LogP contribution in [0.25, 0.3) is 0 Å². The summed E-state index contributed by atoms with van der Waals surface area (Å²) < 4.78 is 0. The van der Waals surface area contributed by atoms with Crippen molar-refractivity contribution in [2.24, 2.45) is 0 Å². The molecule has 0 saturated carbocycles. The van der Waals surface area contributed by atoms with Crippen molar-refractivity contribution in [1.29, 1.82) is 0 Å². The number of nitrogens with zero attached hydrogens (tertiary/aromatic N) is 2. The third-order valence-corrected chi connectivity index (χ3v) is 3.17. The first-order chi connectivity index (χ1) is 8.88. The zero-order chi connectivity index (χ0) is 14.6. The van der Waals surface area contributed by atoms with E-state index in [9.17, 15) is 14.9 Å². The first-order valence-electron chi connectivity index (χ1n) is 6.19. The number of nitrogens with two attached hydrogens (primary N) is 1. The molecule has 0 saturated heterocycles. The molecule has 19 heavy (non-hydrogen) atoms. The van der Waals surface area contributed by atoms with Crippen molar-refractivity contribution in [2.45, 2.75) is 32.7 Å². The van der Waals surface area contributed by atoms with E-state index in [2.05, 4.69) is 0 Å². The summed E-state index contributed by atoms with van der Waals surface area (Å²) in [7, 11) is 1.68. The quantitative estimate of drug-likeness (QED) is 0.503. The van der Waals surface area contributed by atoms with Crippen LogP contribution in [-0.2, 0) is 0 Å². The lowest BCUT2D eigenvalue weighted by atomic mass is 10.1. The average Bonchev–Trinajstić information content (AvgIpc) is 2.37. The first-order valence-corrected chi connectivity index (χ1v) is 6.19. The molecule has 0 heterocycles. The van der Waals surface area contributed by atoms with Gasteiger partial charge in [0.15, 0.2) is 0 Å². The van der Waals surface area contributed by atoms with Gasteiger partial charge in [0, 0.05) is 30.9 Å². The smallest absolute Gasteiger partial charge is 0.270 e. The number of nitro groups is 1. The lowest BCUT2D eigenvalue weighted by Gasteiger charge is -2.25. The van der Waals surface area contributed by atoms with Gasteiger partial charge in [-0.25, -0.2) is 0 Å². The Morgan fingerprint density at radius 3 is 2.68 bits per heavy atom. The molecular weight excluding hydrogens is 246 g/mol. The summed E-state index contributed by atoms with van der Waals surface area (Å²) in [6.07, 6.45) is 1.83. The minimum Gasteiger partial charge on any atom is -0.398 e. The van der Waals surface area contributed by atoms with Gasteiger partial charge >= 0.3 is 0 Å². The van der Waals surface area contributed by atoms with E-state index in [-0.39, 0.29) is 28.9 Å². The first kappa shape index (κ1) is 14.9. The van der Waals surface area contributed by atoms with Crippen LogP contribution in [0.4, 0.5) is 11.4 Å². The summed E-state index contributed by atoms with van der Waals surface area (Å²) in [6.45, 7) is 3.98. The van der Waals surface area contributed by atoms with E-state index in [0.29, 0.717) is 0 Å². The lowest BCUT2D eigenvalue weighted by molar-refractivity contribution is -0.384. The molecule has 1 aromatic carbocycles. The van der Waals surface area contributed by atoms with E-state index < -0.39 is 4.92 Å². The summed E-state index contributed by atoms with van der Waals surface area (Å²) in [6, 6.07) is 3.98. The maximum atomic E-state index is 12.3. The number of carbonyl (C=O) groups is 1. The maximum absolute atomic E-state index is 12.3. The Balaban J connectivity index is 3.04. The molecule has 1 rings (SSSR count). The summed E-state index contributed by atoms with van der Waals surface area (Å²) in [5, 5.41) is 10.7. The molecule has 0 aliphatic heterocycles. The highest BCUT2D eigenvalue weighted by Gasteiger charge is 2.21. The number of rotatable bonds is 5. The van der Waals surface area contributed by atoms with E-state index in [1.807, 2.05) is 13.8 Å². The van der Waals surface area contributed by atoms with Crippen LogP contribution in [0.15, 0.2) is 18.2 Å². The fraction of sp³-hybridized carbons (Fsp3) is 0.462. The van der Waals surface area contributed by atoms with Crippen LogP contribution in [0.5, 0.6) is 0 Å².